The highest BCUT2D eigenvalue weighted by Crippen LogP contribution is 2.74. The number of Topliss-reactive ketones (excluding diaryl/α,β-unsaturated/α-hetero) is 1. The summed E-state index contributed by atoms with van der Waals surface area (Å²) >= 11 is 0. The van der Waals surface area contributed by atoms with Crippen LogP contribution in [-0.4, -0.2) is 82.8 Å². The third kappa shape index (κ3) is 4.29. The highest BCUT2D eigenvalue weighted by atomic mass is 19.1. The minimum Gasteiger partial charge on any atom is -0.466 e. The highest BCUT2D eigenvalue weighted by Gasteiger charge is 2.78. The number of ether oxygens (including phenoxy) is 1. The number of ketones is 2. The van der Waals surface area contributed by atoms with Gasteiger partial charge in [-0.2, -0.15) is 0 Å². The summed E-state index contributed by atoms with van der Waals surface area (Å²) < 4.78 is 42.7. The number of furan rings is 1. The van der Waals surface area contributed by atoms with Gasteiger partial charge in [-0.1, -0.05) is 13.0 Å². The van der Waals surface area contributed by atoms with Crippen LogP contribution in [0.1, 0.15) is 57.5 Å². The molecule has 0 bridgehead atoms. The van der Waals surface area contributed by atoms with Crippen LogP contribution in [-0.2, 0) is 19.1 Å². The Morgan fingerprint density at radius 2 is 1.93 bits per heavy atom. The molecule has 43 heavy (non-hydrogen) atoms. The van der Waals surface area contributed by atoms with Gasteiger partial charge in [0.2, 0.25) is 0 Å². The number of aliphatic hydroxyl groups excluding tert-OH is 2. The fourth-order valence-electron chi connectivity index (χ4n) is 9.34. The van der Waals surface area contributed by atoms with Crippen molar-refractivity contribution in [1.82, 2.24) is 4.90 Å². The Kier molecular flexibility index (Phi) is 7.82. The molecule has 2 heterocycles. The Bertz CT molecular complexity index is 1380. The second-order valence-corrected chi connectivity index (χ2v) is 12.9. The van der Waals surface area contributed by atoms with Crippen LogP contribution < -0.4 is 0 Å². The predicted octanol–water partition coefficient (Wildman–Crippen LogP) is 3.40. The maximum Gasteiger partial charge on any atom is 0.302 e. The molecule has 1 saturated heterocycles. The number of amides is 1. The lowest BCUT2D eigenvalue weighted by Crippen LogP contribution is -2.69. The highest BCUT2D eigenvalue weighted by molar-refractivity contribution is 6.01. The van der Waals surface area contributed by atoms with Crippen LogP contribution in [0.25, 0.3) is 0 Å². The Hall–Kier alpha value is -3.18. The van der Waals surface area contributed by atoms with Gasteiger partial charge in [0.1, 0.15) is 12.8 Å². The number of alkyl halides is 2. The third-order valence-electron chi connectivity index (χ3n) is 11.2. The van der Waals surface area contributed by atoms with Gasteiger partial charge in [-0.25, -0.2) is 8.78 Å². The SMILES string of the molecule is CCOC(C)=O.C[C@]12C=CC(=O)C=C1[C@@H](F)CC1C3C[C@H]4CN(C(=O)c5ccco5)C[C@@]4(C(=O)CO)[C@@]3(C)C[C@H](O)[C@@]12F. The number of nitrogens with zero attached hydrogens (tertiary/aromatic N) is 1. The Balaban J connectivity index is 0.000000559. The number of hydrogen-bond acceptors (Lipinski definition) is 8. The van der Waals surface area contributed by atoms with Crippen LogP contribution in [0.15, 0.2) is 46.6 Å². The standard InChI is InChI=1S/C28H31F2NO6.C4H8O2/c1-25-6-5-16(33)9-19(25)20(29)10-18-17-8-15-12-31(24(36)21-4-3-7-37-21)14-27(15,23(35)13-32)26(17,2)11-22(34)28(18,25)30;1-3-6-4(2)5/h3-7,9,15,17-18,20,22,32,34H,8,10-14H2,1-2H3;3H2,1-2H3/t15-,17?,18?,20-,22-,25-,26-,27+,28-;/m0./s1. The second kappa shape index (κ2) is 10.8. The van der Waals surface area contributed by atoms with E-state index in [1.807, 2.05) is 6.92 Å². The first kappa shape index (κ1) is 31.3. The number of esters is 1. The monoisotopic (exact) mass is 603 g/mol. The fourth-order valence-corrected chi connectivity index (χ4v) is 9.34. The minimum atomic E-state index is -2.24. The fraction of sp³-hybridized carbons (Fsp3) is 0.625. The second-order valence-electron chi connectivity index (χ2n) is 12.9. The van der Waals surface area contributed by atoms with Crippen molar-refractivity contribution in [2.45, 2.75) is 64.9 Å². The molecule has 2 unspecified atom stereocenters. The van der Waals surface area contributed by atoms with E-state index in [-0.39, 0.29) is 55.1 Å². The molecule has 9 atom stereocenters. The van der Waals surface area contributed by atoms with Gasteiger partial charge in [-0.05, 0) is 80.2 Å². The van der Waals surface area contributed by atoms with Crippen molar-refractivity contribution in [3.05, 3.63) is 48.0 Å². The van der Waals surface area contributed by atoms with E-state index in [1.54, 1.807) is 30.9 Å². The van der Waals surface area contributed by atoms with Crippen molar-refractivity contribution in [2.75, 3.05) is 26.3 Å². The Labute approximate surface area is 248 Å². The van der Waals surface area contributed by atoms with Gasteiger partial charge in [0.25, 0.3) is 5.91 Å². The van der Waals surface area contributed by atoms with E-state index < -0.39 is 64.2 Å². The number of rotatable bonds is 4. The van der Waals surface area contributed by atoms with Crippen molar-refractivity contribution < 1.29 is 47.3 Å². The van der Waals surface area contributed by atoms with Crippen LogP contribution in [0.5, 0.6) is 0 Å². The van der Waals surface area contributed by atoms with E-state index in [4.69, 9.17) is 4.42 Å². The number of fused-ring (bicyclic) bond motifs is 7. The molecular formula is C32H39F2NO8. The molecule has 0 spiro atoms. The smallest absolute Gasteiger partial charge is 0.302 e. The Morgan fingerprint density at radius 3 is 2.51 bits per heavy atom. The molecule has 4 aliphatic carbocycles. The zero-order valence-electron chi connectivity index (χ0n) is 24.8. The molecule has 1 aromatic heterocycles. The summed E-state index contributed by atoms with van der Waals surface area (Å²) in [4.78, 5) is 50.1. The summed E-state index contributed by atoms with van der Waals surface area (Å²) in [5.41, 5.74) is -5.89. The van der Waals surface area contributed by atoms with E-state index >= 15 is 8.78 Å². The molecule has 3 saturated carbocycles. The van der Waals surface area contributed by atoms with Crippen molar-refractivity contribution in [3.63, 3.8) is 0 Å². The van der Waals surface area contributed by atoms with Crippen LogP contribution in [0, 0.1) is 34.0 Å². The number of carbonyl (C=O) groups is 4. The summed E-state index contributed by atoms with van der Waals surface area (Å²) in [6, 6.07) is 3.14. The predicted molar refractivity (Wildman–Crippen MR) is 149 cm³/mol. The van der Waals surface area contributed by atoms with Gasteiger partial charge in [0.15, 0.2) is 23.0 Å². The average Bonchev–Trinajstić information content (AvgIpc) is 3.67. The zero-order chi connectivity index (χ0) is 31.5. The molecule has 0 aromatic carbocycles. The van der Waals surface area contributed by atoms with Gasteiger partial charge in [0.05, 0.1) is 24.4 Å². The third-order valence-corrected chi connectivity index (χ3v) is 11.2. The van der Waals surface area contributed by atoms with E-state index in [1.165, 1.54) is 25.3 Å². The lowest BCUT2D eigenvalue weighted by molar-refractivity contribution is -0.211. The van der Waals surface area contributed by atoms with Crippen molar-refractivity contribution in [3.8, 4) is 0 Å². The Morgan fingerprint density at radius 1 is 1.21 bits per heavy atom. The molecule has 1 amide bonds. The van der Waals surface area contributed by atoms with E-state index in [9.17, 15) is 29.4 Å². The van der Waals surface area contributed by atoms with Crippen molar-refractivity contribution in [2.24, 2.45) is 34.0 Å². The number of hydrogen-bond donors (Lipinski definition) is 2. The number of halogens is 2. The van der Waals surface area contributed by atoms with Crippen LogP contribution in [0.3, 0.4) is 0 Å². The lowest BCUT2D eigenvalue weighted by Gasteiger charge is -2.63. The summed E-state index contributed by atoms with van der Waals surface area (Å²) in [5, 5.41) is 21.6. The summed E-state index contributed by atoms with van der Waals surface area (Å²) in [6.45, 7) is 6.51. The molecule has 4 fully saturated rings. The molecule has 234 valence electrons. The number of likely N-dealkylation sites (tertiary alicyclic amines) is 1. The van der Waals surface area contributed by atoms with Gasteiger partial charge in [-0.3, -0.25) is 19.2 Å². The van der Waals surface area contributed by atoms with Gasteiger partial charge < -0.3 is 24.3 Å². The van der Waals surface area contributed by atoms with Crippen LogP contribution >= 0.6 is 0 Å². The summed E-state index contributed by atoms with van der Waals surface area (Å²) in [6.07, 6.45) is 2.13. The lowest BCUT2D eigenvalue weighted by atomic mass is 9.43. The number of carbonyl (C=O) groups excluding carboxylic acids is 4. The van der Waals surface area contributed by atoms with Crippen LogP contribution in [0.4, 0.5) is 8.78 Å². The quantitative estimate of drug-likeness (QED) is 0.501. The molecular weight excluding hydrogens is 564 g/mol. The number of allylic oxidation sites excluding steroid dienone is 4. The molecule has 11 heteroatoms. The maximum atomic E-state index is 17.4. The molecule has 1 aromatic rings. The van der Waals surface area contributed by atoms with Crippen LogP contribution in [0.2, 0.25) is 0 Å². The van der Waals surface area contributed by atoms with E-state index in [0.29, 0.717) is 13.0 Å². The zero-order valence-corrected chi connectivity index (χ0v) is 24.8. The first-order valence-corrected chi connectivity index (χ1v) is 14.8. The summed E-state index contributed by atoms with van der Waals surface area (Å²) in [7, 11) is 0. The molecule has 2 N–H and O–H groups in total. The molecule has 6 rings (SSSR count). The molecule has 1 aliphatic heterocycles. The maximum absolute atomic E-state index is 17.4. The van der Waals surface area contributed by atoms with Gasteiger partial charge in [-0.15, -0.1) is 0 Å². The van der Waals surface area contributed by atoms with Crippen molar-refractivity contribution >= 4 is 23.4 Å². The average molecular weight is 604 g/mol. The normalized spacial score (nSPS) is 40.7. The number of aliphatic hydroxyl groups is 2. The van der Waals surface area contributed by atoms with E-state index in [0.717, 1.165) is 6.08 Å². The topological polar surface area (TPSA) is 134 Å². The van der Waals surface area contributed by atoms with Gasteiger partial charge in [0, 0.05) is 31.3 Å². The van der Waals surface area contributed by atoms with Gasteiger partial charge >= 0.3 is 5.97 Å². The first-order chi connectivity index (χ1) is 20.2. The molecule has 9 nitrogen and oxygen atoms in total. The first-order valence-electron chi connectivity index (χ1n) is 14.8. The molecule has 5 aliphatic rings. The molecule has 0 radical (unpaired) electrons. The van der Waals surface area contributed by atoms with Crippen molar-refractivity contribution in [1.29, 1.82) is 0 Å². The van der Waals surface area contributed by atoms with E-state index in [2.05, 4.69) is 4.74 Å². The largest absolute Gasteiger partial charge is 0.466 e. The summed E-state index contributed by atoms with van der Waals surface area (Å²) in [5.74, 6) is -3.07. The minimum absolute atomic E-state index is 0.0121.